The molecule has 0 aromatic carbocycles. The molecule has 2 fully saturated rings. The molecule has 0 aliphatic carbocycles. The molecule has 0 unspecified atom stereocenters. The Labute approximate surface area is 133 Å². The first kappa shape index (κ1) is 15.7. The average Bonchev–Trinajstić information content (AvgIpc) is 2.49. The van der Waals surface area contributed by atoms with Gasteiger partial charge in [-0.3, -0.25) is 9.80 Å². The molecule has 0 bridgehead atoms. The van der Waals surface area contributed by atoms with Crippen LogP contribution in [0.1, 0.15) is 18.4 Å². The molecule has 2 saturated heterocycles. The summed E-state index contributed by atoms with van der Waals surface area (Å²) in [5.41, 5.74) is 1.52. The summed E-state index contributed by atoms with van der Waals surface area (Å²) in [6.45, 7) is 5.25. The summed E-state index contributed by atoms with van der Waals surface area (Å²) in [6, 6.07) is 4.09. The molecule has 5 nitrogen and oxygen atoms in total. The van der Waals surface area contributed by atoms with Gasteiger partial charge in [0.15, 0.2) is 0 Å². The first-order chi connectivity index (χ1) is 10.7. The topological polar surface area (TPSA) is 37.8 Å². The second-order valence-corrected chi connectivity index (χ2v) is 6.78. The molecule has 0 N–H and O–H groups in total. The fourth-order valence-electron chi connectivity index (χ4n) is 4.02. The minimum atomic E-state index is 0.344. The van der Waals surface area contributed by atoms with E-state index in [-0.39, 0.29) is 0 Å². The van der Waals surface area contributed by atoms with Crippen LogP contribution in [0.3, 0.4) is 0 Å². The van der Waals surface area contributed by atoms with Crippen LogP contribution in [0.2, 0.25) is 0 Å². The normalized spacial score (nSPS) is 25.1. The molecule has 1 aromatic rings. The van der Waals surface area contributed by atoms with Crippen LogP contribution in [0.4, 0.5) is 0 Å². The molecule has 1 spiro atoms. The highest BCUT2D eigenvalue weighted by Crippen LogP contribution is 2.39. The quantitative estimate of drug-likeness (QED) is 0.827. The van der Waals surface area contributed by atoms with Crippen molar-refractivity contribution in [3.63, 3.8) is 0 Å². The largest absolute Gasteiger partial charge is 0.481 e. The van der Waals surface area contributed by atoms with E-state index in [1.165, 1.54) is 24.9 Å². The number of hydrogen-bond acceptors (Lipinski definition) is 5. The highest BCUT2D eigenvalue weighted by molar-refractivity contribution is 5.26. The van der Waals surface area contributed by atoms with Gasteiger partial charge in [-0.05, 0) is 38.4 Å². The number of aromatic nitrogens is 1. The third-order valence-electron chi connectivity index (χ3n) is 5.23. The summed E-state index contributed by atoms with van der Waals surface area (Å²) in [5, 5.41) is 0. The summed E-state index contributed by atoms with van der Waals surface area (Å²) < 4.78 is 10.7. The lowest BCUT2D eigenvalue weighted by Gasteiger charge is -2.58. The van der Waals surface area contributed by atoms with E-state index in [1.807, 2.05) is 13.2 Å². The van der Waals surface area contributed by atoms with Crippen LogP contribution in [-0.4, -0.2) is 67.8 Å². The van der Waals surface area contributed by atoms with E-state index in [4.69, 9.17) is 9.47 Å². The van der Waals surface area contributed by atoms with Gasteiger partial charge < -0.3 is 9.47 Å². The van der Waals surface area contributed by atoms with Crippen LogP contribution in [0, 0.1) is 5.92 Å². The van der Waals surface area contributed by atoms with Crippen molar-refractivity contribution in [1.82, 2.24) is 14.8 Å². The molecule has 0 amide bonds. The fraction of sp³-hybridized carbons (Fsp3) is 0.706. The molecule has 3 heterocycles. The Balaban J connectivity index is 1.60. The molecule has 3 rings (SSSR count). The van der Waals surface area contributed by atoms with Gasteiger partial charge in [-0.15, -0.1) is 0 Å². The first-order valence-corrected chi connectivity index (χ1v) is 8.07. The summed E-state index contributed by atoms with van der Waals surface area (Å²) >= 11 is 0. The van der Waals surface area contributed by atoms with Crippen molar-refractivity contribution < 1.29 is 9.47 Å². The molecule has 0 saturated carbocycles. The minimum Gasteiger partial charge on any atom is -0.481 e. The standard InChI is InChI=1S/C17H27N3O2/c1-19-8-6-14(11-21-2)9-17(19)12-20(13-17)10-15-5-4-7-18-16(15)22-3/h4-5,7,14H,6,8-13H2,1-3H3/t14-/m1/s1. The molecule has 22 heavy (non-hydrogen) atoms. The predicted molar refractivity (Wildman–Crippen MR) is 86.0 cm³/mol. The summed E-state index contributed by atoms with van der Waals surface area (Å²) in [6.07, 6.45) is 4.28. The molecule has 1 atom stereocenters. The Kier molecular flexibility index (Phi) is 4.66. The molecule has 0 radical (unpaired) electrons. The van der Waals surface area contributed by atoms with E-state index in [2.05, 4.69) is 27.9 Å². The number of methoxy groups -OCH3 is 2. The van der Waals surface area contributed by atoms with Crippen molar-refractivity contribution in [3.05, 3.63) is 23.9 Å². The number of likely N-dealkylation sites (N-methyl/N-ethyl adjacent to an activating group) is 1. The lowest BCUT2D eigenvalue weighted by Crippen LogP contribution is -2.71. The summed E-state index contributed by atoms with van der Waals surface area (Å²) in [7, 11) is 5.77. The van der Waals surface area contributed by atoms with Crippen LogP contribution in [0.25, 0.3) is 0 Å². The lowest BCUT2D eigenvalue weighted by atomic mass is 9.75. The second kappa shape index (κ2) is 6.52. The van der Waals surface area contributed by atoms with Gasteiger partial charge >= 0.3 is 0 Å². The maximum Gasteiger partial charge on any atom is 0.217 e. The molecule has 2 aliphatic rings. The van der Waals surface area contributed by atoms with E-state index >= 15 is 0 Å². The average molecular weight is 305 g/mol. The first-order valence-electron chi connectivity index (χ1n) is 8.07. The van der Waals surface area contributed by atoms with Crippen molar-refractivity contribution in [2.45, 2.75) is 24.9 Å². The van der Waals surface area contributed by atoms with Gasteiger partial charge in [0.05, 0.1) is 7.11 Å². The second-order valence-electron chi connectivity index (χ2n) is 6.78. The highest BCUT2D eigenvalue weighted by atomic mass is 16.5. The van der Waals surface area contributed by atoms with Crippen molar-refractivity contribution in [2.24, 2.45) is 5.92 Å². The summed E-state index contributed by atoms with van der Waals surface area (Å²) in [5.74, 6) is 1.45. The smallest absolute Gasteiger partial charge is 0.217 e. The Morgan fingerprint density at radius 2 is 2.18 bits per heavy atom. The highest BCUT2D eigenvalue weighted by Gasteiger charge is 2.49. The van der Waals surface area contributed by atoms with Crippen LogP contribution in [0.15, 0.2) is 18.3 Å². The van der Waals surface area contributed by atoms with Gasteiger partial charge in [-0.1, -0.05) is 6.07 Å². The van der Waals surface area contributed by atoms with E-state index < -0.39 is 0 Å². The zero-order chi connectivity index (χ0) is 15.6. The van der Waals surface area contributed by atoms with Crippen molar-refractivity contribution in [2.75, 3.05) is 47.5 Å². The molecule has 2 aliphatic heterocycles. The zero-order valence-corrected chi connectivity index (χ0v) is 13.9. The monoisotopic (exact) mass is 305 g/mol. The van der Waals surface area contributed by atoms with Gasteiger partial charge in [0.25, 0.3) is 0 Å². The van der Waals surface area contributed by atoms with E-state index in [1.54, 1.807) is 13.3 Å². The van der Waals surface area contributed by atoms with Crippen LogP contribution in [0.5, 0.6) is 5.88 Å². The van der Waals surface area contributed by atoms with E-state index in [0.717, 1.165) is 32.1 Å². The van der Waals surface area contributed by atoms with Crippen LogP contribution in [-0.2, 0) is 11.3 Å². The number of likely N-dealkylation sites (tertiary alicyclic amines) is 2. The Bertz CT molecular complexity index is 502. The van der Waals surface area contributed by atoms with Gasteiger partial charge in [-0.2, -0.15) is 0 Å². The Morgan fingerprint density at radius 3 is 2.91 bits per heavy atom. The molecule has 1 aromatic heterocycles. The summed E-state index contributed by atoms with van der Waals surface area (Å²) in [4.78, 5) is 9.33. The Morgan fingerprint density at radius 1 is 1.36 bits per heavy atom. The molecule has 122 valence electrons. The fourth-order valence-corrected chi connectivity index (χ4v) is 4.02. The van der Waals surface area contributed by atoms with Crippen molar-refractivity contribution in [3.8, 4) is 5.88 Å². The van der Waals surface area contributed by atoms with Gasteiger partial charge in [0.1, 0.15) is 0 Å². The minimum absolute atomic E-state index is 0.344. The van der Waals surface area contributed by atoms with Gasteiger partial charge in [0.2, 0.25) is 5.88 Å². The molecular formula is C17H27N3O2. The number of ether oxygens (including phenoxy) is 2. The van der Waals surface area contributed by atoms with E-state index in [9.17, 15) is 0 Å². The van der Waals surface area contributed by atoms with Gasteiger partial charge in [0, 0.05) is 50.7 Å². The zero-order valence-electron chi connectivity index (χ0n) is 13.9. The Hall–Kier alpha value is -1.17. The lowest BCUT2D eigenvalue weighted by molar-refractivity contribution is -0.0907. The van der Waals surface area contributed by atoms with E-state index in [0.29, 0.717) is 11.5 Å². The number of pyridine rings is 1. The number of hydrogen-bond donors (Lipinski definition) is 0. The number of nitrogens with zero attached hydrogens (tertiary/aromatic N) is 3. The third-order valence-corrected chi connectivity index (χ3v) is 5.23. The SMILES string of the molecule is COC[C@@H]1CCN(C)C2(C1)CN(Cc1cccnc1OC)C2. The van der Waals surface area contributed by atoms with Crippen LogP contribution < -0.4 is 4.74 Å². The van der Waals surface area contributed by atoms with Crippen molar-refractivity contribution in [1.29, 1.82) is 0 Å². The number of piperidine rings is 1. The third kappa shape index (κ3) is 2.98. The predicted octanol–water partition coefficient (Wildman–Crippen LogP) is 1.63. The maximum absolute atomic E-state index is 5.37. The maximum atomic E-state index is 5.37. The van der Waals surface area contributed by atoms with Crippen LogP contribution >= 0.6 is 0 Å². The molecule has 5 heteroatoms. The van der Waals surface area contributed by atoms with Crippen molar-refractivity contribution >= 4 is 0 Å². The van der Waals surface area contributed by atoms with Gasteiger partial charge in [-0.25, -0.2) is 4.98 Å². The molecular weight excluding hydrogens is 278 g/mol. The number of rotatable bonds is 5.